The van der Waals surface area contributed by atoms with Gasteiger partial charge in [0.25, 0.3) is 0 Å². The average Bonchev–Trinajstić information content (AvgIpc) is 3.03. The molecule has 3 aromatic rings. The molecule has 1 saturated carbocycles. The average molecular weight is 399 g/mol. The summed E-state index contributed by atoms with van der Waals surface area (Å²) in [5.41, 5.74) is 1.29. The molecule has 148 valence electrons. The van der Waals surface area contributed by atoms with Crippen molar-refractivity contribution in [3.63, 3.8) is 0 Å². The molecule has 1 aliphatic rings. The number of rotatable bonds is 5. The van der Waals surface area contributed by atoms with Gasteiger partial charge in [-0.25, -0.2) is 18.1 Å². The quantitative estimate of drug-likeness (QED) is 0.662. The van der Waals surface area contributed by atoms with Crippen molar-refractivity contribution < 1.29 is 12.8 Å². The third kappa shape index (κ3) is 3.71. The molecule has 0 unspecified atom stereocenters. The zero-order valence-electron chi connectivity index (χ0n) is 16.5. The van der Waals surface area contributed by atoms with Crippen LogP contribution in [-0.4, -0.2) is 18.9 Å². The van der Waals surface area contributed by atoms with E-state index in [2.05, 4.69) is 9.71 Å². The summed E-state index contributed by atoms with van der Waals surface area (Å²) in [7, 11) is -3.65. The van der Waals surface area contributed by atoms with Gasteiger partial charge < -0.3 is 4.42 Å². The summed E-state index contributed by atoms with van der Waals surface area (Å²) < 4.78 is 34.4. The Kier molecular flexibility index (Phi) is 4.79. The van der Waals surface area contributed by atoms with Crippen LogP contribution in [0, 0.1) is 5.92 Å². The van der Waals surface area contributed by atoms with E-state index in [4.69, 9.17) is 4.42 Å². The topological polar surface area (TPSA) is 72.2 Å². The predicted molar refractivity (Wildman–Crippen MR) is 111 cm³/mol. The molecule has 0 amide bonds. The maximum Gasteiger partial charge on any atom is 0.241 e. The summed E-state index contributed by atoms with van der Waals surface area (Å²) in [6.45, 7) is 5.51. The van der Waals surface area contributed by atoms with Gasteiger partial charge >= 0.3 is 0 Å². The number of nitrogens with zero attached hydrogens (tertiary/aromatic N) is 1. The molecule has 1 aromatic heterocycles. The second-order valence-corrected chi connectivity index (χ2v) is 10.3. The van der Waals surface area contributed by atoms with Crippen molar-refractivity contribution in [3.05, 3.63) is 48.5 Å². The summed E-state index contributed by atoms with van der Waals surface area (Å²) in [5.74, 6) is 1.42. The molecule has 1 heterocycles. The Hall–Kier alpha value is -2.18. The van der Waals surface area contributed by atoms with Gasteiger partial charge in [0.2, 0.25) is 10.0 Å². The molecule has 0 bridgehead atoms. The molecule has 0 atom stereocenters. The monoisotopic (exact) mass is 398 g/mol. The first-order valence-corrected chi connectivity index (χ1v) is 11.2. The Morgan fingerprint density at radius 3 is 2.46 bits per heavy atom. The first-order valence-electron chi connectivity index (χ1n) is 9.73. The van der Waals surface area contributed by atoms with Gasteiger partial charge in [0.1, 0.15) is 0 Å². The Bertz CT molecular complexity index is 1110. The second kappa shape index (κ2) is 7.01. The summed E-state index contributed by atoms with van der Waals surface area (Å²) in [6, 6.07) is 11.1. The molecule has 1 fully saturated rings. The third-order valence-electron chi connectivity index (χ3n) is 5.21. The number of oxazole rings is 1. The second-order valence-electron chi connectivity index (χ2n) is 8.64. The highest BCUT2D eigenvalue weighted by Crippen LogP contribution is 2.37. The van der Waals surface area contributed by atoms with E-state index in [0.29, 0.717) is 11.3 Å². The summed E-state index contributed by atoms with van der Waals surface area (Å²) >= 11 is 0. The fraction of sp³-hybridized carbons (Fsp3) is 0.409. The lowest BCUT2D eigenvalue weighted by Gasteiger charge is -2.24. The number of sulfonamides is 1. The van der Waals surface area contributed by atoms with Crippen molar-refractivity contribution >= 4 is 20.8 Å². The van der Waals surface area contributed by atoms with Crippen LogP contribution in [0.2, 0.25) is 0 Å². The van der Waals surface area contributed by atoms with Gasteiger partial charge in [-0.15, -0.1) is 0 Å². The van der Waals surface area contributed by atoms with Crippen LogP contribution in [0.25, 0.3) is 22.1 Å². The molecule has 6 heteroatoms. The van der Waals surface area contributed by atoms with Gasteiger partial charge in [0, 0.05) is 16.5 Å². The highest BCUT2D eigenvalue weighted by atomic mass is 32.2. The van der Waals surface area contributed by atoms with E-state index < -0.39 is 15.6 Å². The van der Waals surface area contributed by atoms with Crippen LogP contribution in [0.5, 0.6) is 0 Å². The Balaban J connectivity index is 1.82. The molecular weight excluding hydrogens is 372 g/mol. The van der Waals surface area contributed by atoms with Gasteiger partial charge in [-0.1, -0.05) is 43.5 Å². The van der Waals surface area contributed by atoms with Crippen molar-refractivity contribution in [2.45, 2.75) is 56.9 Å². The number of hydrogen-bond acceptors (Lipinski definition) is 4. The van der Waals surface area contributed by atoms with Crippen LogP contribution in [0.15, 0.2) is 52.1 Å². The van der Waals surface area contributed by atoms with Gasteiger partial charge in [0.15, 0.2) is 12.2 Å². The van der Waals surface area contributed by atoms with E-state index in [1.165, 1.54) is 25.7 Å². The molecule has 28 heavy (non-hydrogen) atoms. The SMILES string of the molecule is CC(C)(C)NS(=O)(=O)c1ccc(-c2ocnc2CC2CCC2)c2ccccc12. The molecule has 0 saturated heterocycles. The molecule has 1 N–H and O–H groups in total. The van der Waals surface area contributed by atoms with Gasteiger partial charge in [-0.3, -0.25) is 0 Å². The lowest BCUT2D eigenvalue weighted by atomic mass is 9.81. The van der Waals surface area contributed by atoms with E-state index in [9.17, 15) is 8.42 Å². The van der Waals surface area contributed by atoms with E-state index in [1.54, 1.807) is 6.07 Å². The lowest BCUT2D eigenvalue weighted by molar-refractivity contribution is 0.312. The lowest BCUT2D eigenvalue weighted by Crippen LogP contribution is -2.40. The standard InChI is InChI=1S/C22H26N2O3S/c1-22(2,3)24-28(25,26)20-12-11-18(16-9-4-5-10-17(16)20)21-19(23-14-27-21)13-15-7-6-8-15/h4-5,9-12,14-15,24H,6-8,13H2,1-3H3. The van der Waals surface area contributed by atoms with Crippen LogP contribution in [0.1, 0.15) is 45.7 Å². The highest BCUT2D eigenvalue weighted by molar-refractivity contribution is 7.89. The minimum Gasteiger partial charge on any atom is -0.443 e. The number of hydrogen-bond donors (Lipinski definition) is 1. The van der Waals surface area contributed by atoms with Gasteiger partial charge in [0.05, 0.1) is 10.6 Å². The Morgan fingerprint density at radius 1 is 1.11 bits per heavy atom. The normalized spacial score (nSPS) is 15.7. The minimum atomic E-state index is -3.65. The fourth-order valence-corrected chi connectivity index (χ4v) is 5.40. The molecule has 4 rings (SSSR count). The molecule has 1 aliphatic carbocycles. The number of fused-ring (bicyclic) bond motifs is 1. The van der Waals surface area contributed by atoms with E-state index >= 15 is 0 Å². The molecule has 2 aromatic carbocycles. The predicted octanol–water partition coefficient (Wildman–Crippen LogP) is 4.91. The zero-order valence-corrected chi connectivity index (χ0v) is 17.3. The van der Waals surface area contributed by atoms with Crippen molar-refractivity contribution in [2.75, 3.05) is 0 Å². The van der Waals surface area contributed by atoms with Crippen molar-refractivity contribution in [1.29, 1.82) is 0 Å². The fourth-order valence-electron chi connectivity index (χ4n) is 3.77. The van der Waals surface area contributed by atoms with E-state index in [1.807, 2.05) is 51.1 Å². The van der Waals surface area contributed by atoms with Crippen LogP contribution in [0.4, 0.5) is 0 Å². The molecule has 5 nitrogen and oxygen atoms in total. The summed E-state index contributed by atoms with van der Waals surface area (Å²) in [5, 5.41) is 1.54. The van der Waals surface area contributed by atoms with Gasteiger partial charge in [-0.05, 0) is 50.6 Å². The largest absolute Gasteiger partial charge is 0.443 e. The summed E-state index contributed by atoms with van der Waals surface area (Å²) in [6.07, 6.45) is 6.16. The maximum atomic E-state index is 13.0. The first-order chi connectivity index (χ1) is 13.2. The minimum absolute atomic E-state index is 0.279. The van der Waals surface area contributed by atoms with Crippen LogP contribution in [-0.2, 0) is 16.4 Å². The number of aromatic nitrogens is 1. The van der Waals surface area contributed by atoms with Crippen molar-refractivity contribution in [2.24, 2.45) is 5.92 Å². The molecule has 0 aliphatic heterocycles. The van der Waals surface area contributed by atoms with Crippen molar-refractivity contribution in [1.82, 2.24) is 9.71 Å². The third-order valence-corrected chi connectivity index (χ3v) is 7.02. The maximum absolute atomic E-state index is 13.0. The molecule has 0 spiro atoms. The zero-order chi connectivity index (χ0) is 19.9. The van der Waals surface area contributed by atoms with E-state index in [0.717, 1.165) is 28.8 Å². The van der Waals surface area contributed by atoms with Crippen LogP contribution >= 0.6 is 0 Å². The van der Waals surface area contributed by atoms with Gasteiger partial charge in [-0.2, -0.15) is 0 Å². The Morgan fingerprint density at radius 2 is 1.82 bits per heavy atom. The first kappa shape index (κ1) is 19.2. The summed E-state index contributed by atoms with van der Waals surface area (Å²) in [4.78, 5) is 4.72. The molecule has 0 radical (unpaired) electrons. The smallest absolute Gasteiger partial charge is 0.241 e. The Labute approximate surface area is 166 Å². The molecular formula is C22H26N2O3S. The van der Waals surface area contributed by atoms with Crippen LogP contribution in [0.3, 0.4) is 0 Å². The van der Waals surface area contributed by atoms with Crippen molar-refractivity contribution in [3.8, 4) is 11.3 Å². The number of benzene rings is 2. The highest BCUT2D eigenvalue weighted by Gasteiger charge is 2.26. The number of nitrogens with one attached hydrogen (secondary N) is 1. The van der Waals surface area contributed by atoms with Crippen LogP contribution < -0.4 is 4.72 Å². The van der Waals surface area contributed by atoms with E-state index in [-0.39, 0.29) is 4.90 Å².